The van der Waals surface area contributed by atoms with E-state index in [-0.39, 0.29) is 29.7 Å². The van der Waals surface area contributed by atoms with Gasteiger partial charge < -0.3 is 9.47 Å². The van der Waals surface area contributed by atoms with Gasteiger partial charge in [-0.3, -0.25) is 9.59 Å². The lowest BCUT2D eigenvalue weighted by Gasteiger charge is -2.28. The van der Waals surface area contributed by atoms with Gasteiger partial charge in [0.2, 0.25) is 0 Å². The molecule has 0 heterocycles. The average molecular weight is 288 g/mol. The van der Waals surface area contributed by atoms with E-state index < -0.39 is 0 Å². The van der Waals surface area contributed by atoms with Crippen molar-refractivity contribution in [3.63, 3.8) is 0 Å². The van der Waals surface area contributed by atoms with Crippen LogP contribution in [-0.2, 0) is 19.1 Å². The molecule has 112 valence electrons. The summed E-state index contributed by atoms with van der Waals surface area (Å²) in [5.74, 6) is -1.14. The van der Waals surface area contributed by atoms with Gasteiger partial charge in [0.15, 0.2) is 0 Å². The van der Waals surface area contributed by atoms with Crippen molar-refractivity contribution in [3.8, 4) is 0 Å². The molecular weight excluding hydrogens is 268 g/mol. The molecule has 1 aliphatic rings. The lowest BCUT2D eigenvalue weighted by molar-refractivity contribution is -0.148. The molecule has 2 rings (SSSR count). The van der Waals surface area contributed by atoms with Gasteiger partial charge in [-0.2, -0.15) is 0 Å². The highest BCUT2D eigenvalue weighted by Crippen LogP contribution is 2.36. The molecule has 0 saturated heterocycles. The van der Waals surface area contributed by atoms with Crippen LogP contribution in [0.15, 0.2) is 42.5 Å². The number of allylic oxidation sites excluding steroid dienone is 2. The van der Waals surface area contributed by atoms with Gasteiger partial charge >= 0.3 is 11.9 Å². The van der Waals surface area contributed by atoms with E-state index in [2.05, 4.69) is 0 Å². The highest BCUT2D eigenvalue weighted by atomic mass is 16.5. The highest BCUT2D eigenvalue weighted by molar-refractivity contribution is 5.79. The number of carbonyl (C=O) groups is 2. The third-order valence-electron chi connectivity index (χ3n) is 3.94. The number of benzene rings is 1. The summed E-state index contributed by atoms with van der Waals surface area (Å²) in [4.78, 5) is 23.9. The zero-order valence-corrected chi connectivity index (χ0v) is 12.3. The predicted octanol–water partition coefficient (Wildman–Crippen LogP) is 2.70. The maximum Gasteiger partial charge on any atom is 0.313 e. The van der Waals surface area contributed by atoms with Crippen LogP contribution in [0.3, 0.4) is 0 Å². The number of carbonyl (C=O) groups excluding carboxylic acids is 2. The first-order valence-corrected chi connectivity index (χ1v) is 7.04. The largest absolute Gasteiger partial charge is 0.469 e. The van der Waals surface area contributed by atoms with Crippen LogP contribution < -0.4 is 0 Å². The first-order valence-electron chi connectivity index (χ1n) is 7.04. The van der Waals surface area contributed by atoms with E-state index >= 15 is 0 Å². The number of hydrogen-bond donors (Lipinski definition) is 0. The molecule has 21 heavy (non-hydrogen) atoms. The van der Waals surface area contributed by atoms with Crippen LogP contribution in [0.2, 0.25) is 0 Å². The van der Waals surface area contributed by atoms with E-state index in [1.54, 1.807) is 0 Å². The molecule has 0 aliphatic heterocycles. The SMILES string of the molecule is COC(=O)C(c1ccccc1)[C@@H]1C=CC[C@H](C(=O)OC)C1. The standard InChI is InChI=1S/C17H20O4/c1-20-16(18)14-10-6-9-13(11-14)15(17(19)21-2)12-7-4-3-5-8-12/h3-9,13-15H,10-11H2,1-2H3/t13-,14+,15?/m1/s1. The van der Waals surface area contributed by atoms with E-state index in [9.17, 15) is 9.59 Å². The lowest BCUT2D eigenvalue weighted by atomic mass is 9.76. The zero-order chi connectivity index (χ0) is 15.2. The number of esters is 2. The molecule has 1 aromatic carbocycles. The quantitative estimate of drug-likeness (QED) is 0.631. The summed E-state index contributed by atoms with van der Waals surface area (Å²) < 4.78 is 9.77. The van der Waals surface area contributed by atoms with Gasteiger partial charge in [0.25, 0.3) is 0 Å². The van der Waals surface area contributed by atoms with Gasteiger partial charge in [-0.15, -0.1) is 0 Å². The lowest BCUT2D eigenvalue weighted by Crippen LogP contribution is -2.28. The molecule has 0 fully saturated rings. The second kappa shape index (κ2) is 7.07. The Balaban J connectivity index is 2.25. The summed E-state index contributed by atoms with van der Waals surface area (Å²) in [5.41, 5.74) is 0.907. The molecule has 0 spiro atoms. The van der Waals surface area contributed by atoms with Gasteiger partial charge in [0.05, 0.1) is 26.1 Å². The van der Waals surface area contributed by atoms with E-state index in [0.717, 1.165) is 5.56 Å². The molecule has 0 bridgehead atoms. The molecule has 1 unspecified atom stereocenters. The van der Waals surface area contributed by atoms with Crippen LogP contribution in [0.1, 0.15) is 24.3 Å². The van der Waals surface area contributed by atoms with Crippen molar-refractivity contribution in [2.45, 2.75) is 18.8 Å². The summed E-state index contributed by atoms with van der Waals surface area (Å²) in [6.45, 7) is 0. The van der Waals surface area contributed by atoms with Crippen LogP contribution in [0.5, 0.6) is 0 Å². The Kier molecular flexibility index (Phi) is 5.14. The van der Waals surface area contributed by atoms with Crippen molar-refractivity contribution in [2.75, 3.05) is 14.2 Å². The van der Waals surface area contributed by atoms with Gasteiger partial charge in [0, 0.05) is 0 Å². The second-order valence-corrected chi connectivity index (χ2v) is 5.20. The van der Waals surface area contributed by atoms with E-state index in [4.69, 9.17) is 9.47 Å². The summed E-state index contributed by atoms with van der Waals surface area (Å²) in [7, 11) is 2.78. The van der Waals surface area contributed by atoms with Crippen LogP contribution >= 0.6 is 0 Å². The molecule has 0 N–H and O–H groups in total. The number of methoxy groups -OCH3 is 2. The van der Waals surface area contributed by atoms with Crippen LogP contribution in [-0.4, -0.2) is 26.2 Å². The van der Waals surface area contributed by atoms with Crippen LogP contribution in [0.4, 0.5) is 0 Å². The van der Waals surface area contributed by atoms with Crippen molar-refractivity contribution in [3.05, 3.63) is 48.0 Å². The normalized spacial score (nSPS) is 22.4. The van der Waals surface area contributed by atoms with Crippen molar-refractivity contribution < 1.29 is 19.1 Å². The molecule has 0 saturated carbocycles. The smallest absolute Gasteiger partial charge is 0.313 e. The summed E-state index contributed by atoms with van der Waals surface area (Å²) in [6, 6.07) is 9.53. The minimum absolute atomic E-state index is 0.0577. The molecule has 4 nitrogen and oxygen atoms in total. The number of ether oxygens (including phenoxy) is 2. The minimum Gasteiger partial charge on any atom is -0.469 e. The minimum atomic E-state index is -0.389. The Bertz CT molecular complexity index is 521. The van der Waals surface area contributed by atoms with Crippen LogP contribution in [0.25, 0.3) is 0 Å². The molecule has 0 aromatic heterocycles. The predicted molar refractivity (Wildman–Crippen MR) is 78.6 cm³/mol. The van der Waals surface area contributed by atoms with Crippen LogP contribution in [0, 0.1) is 11.8 Å². The second-order valence-electron chi connectivity index (χ2n) is 5.20. The first-order chi connectivity index (χ1) is 10.2. The number of hydrogen-bond acceptors (Lipinski definition) is 4. The fourth-order valence-corrected chi connectivity index (χ4v) is 2.87. The third kappa shape index (κ3) is 3.51. The highest BCUT2D eigenvalue weighted by Gasteiger charge is 2.34. The van der Waals surface area contributed by atoms with Gasteiger partial charge in [-0.25, -0.2) is 0 Å². The topological polar surface area (TPSA) is 52.6 Å². The Morgan fingerprint density at radius 3 is 2.48 bits per heavy atom. The van der Waals surface area contributed by atoms with Gasteiger partial charge in [0.1, 0.15) is 0 Å². The van der Waals surface area contributed by atoms with Gasteiger partial charge in [-0.05, 0) is 24.3 Å². The molecular formula is C17H20O4. The number of rotatable bonds is 4. The molecule has 1 aliphatic carbocycles. The fraction of sp³-hybridized carbons (Fsp3) is 0.412. The molecule has 3 atom stereocenters. The van der Waals surface area contributed by atoms with E-state index in [0.29, 0.717) is 12.8 Å². The van der Waals surface area contributed by atoms with Crippen molar-refractivity contribution in [1.82, 2.24) is 0 Å². The summed E-state index contributed by atoms with van der Waals surface area (Å²) in [5, 5.41) is 0. The van der Waals surface area contributed by atoms with Crippen molar-refractivity contribution >= 4 is 11.9 Å². The first kappa shape index (κ1) is 15.3. The molecule has 4 heteroatoms. The van der Waals surface area contributed by atoms with Crippen molar-refractivity contribution in [1.29, 1.82) is 0 Å². The third-order valence-corrected chi connectivity index (χ3v) is 3.94. The Morgan fingerprint density at radius 1 is 1.14 bits per heavy atom. The van der Waals surface area contributed by atoms with Gasteiger partial charge in [-0.1, -0.05) is 42.5 Å². The van der Waals surface area contributed by atoms with E-state index in [1.165, 1.54) is 14.2 Å². The molecule has 0 amide bonds. The zero-order valence-electron chi connectivity index (χ0n) is 12.3. The maximum atomic E-state index is 12.2. The summed E-state index contributed by atoms with van der Waals surface area (Å²) >= 11 is 0. The molecule has 0 radical (unpaired) electrons. The van der Waals surface area contributed by atoms with Crippen molar-refractivity contribution in [2.24, 2.45) is 11.8 Å². The van der Waals surface area contributed by atoms with E-state index in [1.807, 2.05) is 42.5 Å². The summed E-state index contributed by atoms with van der Waals surface area (Å²) in [6.07, 6.45) is 5.21. The average Bonchev–Trinajstić information content (AvgIpc) is 2.55. The molecule has 1 aromatic rings. The Morgan fingerprint density at radius 2 is 1.86 bits per heavy atom. The Hall–Kier alpha value is -2.10. The Labute approximate surface area is 124 Å². The monoisotopic (exact) mass is 288 g/mol. The maximum absolute atomic E-state index is 12.2. The fourth-order valence-electron chi connectivity index (χ4n) is 2.87.